The lowest BCUT2D eigenvalue weighted by Gasteiger charge is -2.34. The first kappa shape index (κ1) is 16.2. The van der Waals surface area contributed by atoms with E-state index in [-0.39, 0.29) is 11.7 Å². The predicted octanol–water partition coefficient (Wildman–Crippen LogP) is 2.81. The fraction of sp³-hybridized carbons (Fsp3) is 0.611. The number of benzene rings is 1. The number of carbonyl (C=O) groups is 1. The zero-order valence-electron chi connectivity index (χ0n) is 13.9. The number of rotatable bonds is 4. The maximum absolute atomic E-state index is 13.6. The quantitative estimate of drug-likeness (QED) is 0.855. The molecule has 0 aliphatic carbocycles. The zero-order valence-corrected chi connectivity index (χ0v) is 13.9. The Bertz CT molecular complexity index is 578. The average molecular weight is 320 g/mol. The van der Waals surface area contributed by atoms with Gasteiger partial charge in [0.25, 0.3) is 0 Å². The first-order chi connectivity index (χ1) is 11.1. The van der Waals surface area contributed by atoms with Crippen LogP contribution in [-0.4, -0.2) is 48.0 Å². The Labute approximate surface area is 137 Å². The van der Waals surface area contributed by atoms with Gasteiger partial charge in [0, 0.05) is 37.7 Å². The van der Waals surface area contributed by atoms with Gasteiger partial charge < -0.3 is 9.64 Å². The molecule has 0 N–H and O–H groups in total. The van der Waals surface area contributed by atoms with Crippen LogP contribution in [0.25, 0.3) is 0 Å². The topological polar surface area (TPSA) is 32.8 Å². The van der Waals surface area contributed by atoms with E-state index in [1.165, 1.54) is 6.07 Å². The standard InChI is InChI=1S/C18H25FN2O2/c1-13(22)21-10-4-6-17(21)16-5-3-9-20(16)12-14-11-15(19)7-8-18(14)23-2/h7-8,11,16-17H,3-6,9-10,12H2,1-2H3. The number of hydrogen-bond donors (Lipinski definition) is 0. The van der Waals surface area contributed by atoms with Gasteiger partial charge in [-0.05, 0) is 50.4 Å². The van der Waals surface area contributed by atoms with Crippen molar-refractivity contribution >= 4 is 5.91 Å². The SMILES string of the molecule is COc1ccc(F)cc1CN1CCCC1C1CCCN1C(C)=O. The molecule has 0 aromatic heterocycles. The molecule has 0 saturated carbocycles. The lowest BCUT2D eigenvalue weighted by atomic mass is 10.0. The number of hydrogen-bond acceptors (Lipinski definition) is 3. The van der Waals surface area contributed by atoms with E-state index >= 15 is 0 Å². The third-order valence-electron chi connectivity index (χ3n) is 5.18. The summed E-state index contributed by atoms with van der Waals surface area (Å²) >= 11 is 0. The van der Waals surface area contributed by atoms with Gasteiger partial charge in [0.1, 0.15) is 11.6 Å². The van der Waals surface area contributed by atoms with E-state index in [1.807, 2.05) is 4.90 Å². The Balaban J connectivity index is 1.77. The van der Waals surface area contributed by atoms with Crippen molar-refractivity contribution in [3.8, 4) is 5.75 Å². The molecule has 4 nitrogen and oxygen atoms in total. The van der Waals surface area contributed by atoms with Crippen LogP contribution in [0.2, 0.25) is 0 Å². The van der Waals surface area contributed by atoms with Crippen molar-refractivity contribution in [2.24, 2.45) is 0 Å². The molecule has 2 aliphatic rings. The Morgan fingerprint density at radius 2 is 2.00 bits per heavy atom. The Hall–Kier alpha value is -1.62. The van der Waals surface area contributed by atoms with Crippen LogP contribution in [0.1, 0.15) is 38.2 Å². The minimum Gasteiger partial charge on any atom is -0.496 e. The number of halogens is 1. The number of likely N-dealkylation sites (tertiary alicyclic amines) is 2. The van der Waals surface area contributed by atoms with Gasteiger partial charge in [0.2, 0.25) is 5.91 Å². The van der Waals surface area contributed by atoms with Crippen molar-refractivity contribution < 1.29 is 13.9 Å². The normalized spacial score (nSPS) is 25.1. The van der Waals surface area contributed by atoms with Gasteiger partial charge in [-0.25, -0.2) is 4.39 Å². The zero-order chi connectivity index (χ0) is 16.4. The highest BCUT2D eigenvalue weighted by molar-refractivity contribution is 5.74. The summed E-state index contributed by atoms with van der Waals surface area (Å²) in [6, 6.07) is 5.35. The van der Waals surface area contributed by atoms with E-state index in [0.29, 0.717) is 18.6 Å². The molecule has 1 amide bonds. The molecule has 2 atom stereocenters. The molecular weight excluding hydrogens is 295 g/mol. The van der Waals surface area contributed by atoms with E-state index in [2.05, 4.69) is 4.90 Å². The number of ether oxygens (including phenoxy) is 1. The van der Waals surface area contributed by atoms with E-state index in [4.69, 9.17) is 4.74 Å². The fourth-order valence-corrected chi connectivity index (χ4v) is 4.16. The third kappa shape index (κ3) is 3.34. The summed E-state index contributed by atoms with van der Waals surface area (Å²) in [5.74, 6) is 0.664. The Morgan fingerprint density at radius 1 is 1.26 bits per heavy atom. The molecule has 23 heavy (non-hydrogen) atoms. The van der Waals surface area contributed by atoms with Crippen molar-refractivity contribution in [1.29, 1.82) is 0 Å². The molecule has 2 aliphatic heterocycles. The molecule has 3 rings (SSSR count). The van der Waals surface area contributed by atoms with Gasteiger partial charge in [-0.2, -0.15) is 0 Å². The van der Waals surface area contributed by atoms with Gasteiger partial charge in [-0.15, -0.1) is 0 Å². The summed E-state index contributed by atoms with van der Waals surface area (Å²) in [6.45, 7) is 4.20. The minimum absolute atomic E-state index is 0.169. The second-order valence-electron chi connectivity index (χ2n) is 6.56. The lowest BCUT2D eigenvalue weighted by molar-refractivity contribution is -0.130. The second-order valence-corrected chi connectivity index (χ2v) is 6.56. The van der Waals surface area contributed by atoms with Crippen molar-refractivity contribution in [2.45, 2.75) is 51.2 Å². The number of methoxy groups -OCH3 is 1. The summed E-state index contributed by atoms with van der Waals surface area (Å²) in [7, 11) is 1.62. The van der Waals surface area contributed by atoms with Crippen LogP contribution in [-0.2, 0) is 11.3 Å². The number of amides is 1. The smallest absolute Gasteiger partial charge is 0.219 e. The minimum atomic E-state index is -0.234. The molecule has 2 heterocycles. The Morgan fingerprint density at radius 3 is 2.74 bits per heavy atom. The van der Waals surface area contributed by atoms with E-state index in [9.17, 15) is 9.18 Å². The molecule has 1 aromatic rings. The van der Waals surface area contributed by atoms with Crippen molar-refractivity contribution in [3.05, 3.63) is 29.6 Å². The van der Waals surface area contributed by atoms with Crippen molar-refractivity contribution in [2.75, 3.05) is 20.2 Å². The van der Waals surface area contributed by atoms with Crippen molar-refractivity contribution in [3.63, 3.8) is 0 Å². The third-order valence-corrected chi connectivity index (χ3v) is 5.18. The van der Waals surface area contributed by atoms with E-state index in [0.717, 1.165) is 50.1 Å². The number of nitrogens with zero attached hydrogens (tertiary/aromatic N) is 2. The summed E-state index contributed by atoms with van der Waals surface area (Å²) in [6.07, 6.45) is 4.38. The number of carbonyl (C=O) groups excluding carboxylic acids is 1. The maximum atomic E-state index is 13.6. The molecule has 2 fully saturated rings. The van der Waals surface area contributed by atoms with Crippen LogP contribution in [0.4, 0.5) is 4.39 Å². The van der Waals surface area contributed by atoms with Gasteiger partial charge >= 0.3 is 0 Å². The molecule has 2 unspecified atom stereocenters. The van der Waals surface area contributed by atoms with Gasteiger partial charge in [0.15, 0.2) is 0 Å². The highest BCUT2D eigenvalue weighted by Crippen LogP contribution is 2.32. The van der Waals surface area contributed by atoms with Gasteiger partial charge in [-0.1, -0.05) is 0 Å². The highest BCUT2D eigenvalue weighted by Gasteiger charge is 2.38. The highest BCUT2D eigenvalue weighted by atomic mass is 19.1. The first-order valence-corrected chi connectivity index (χ1v) is 8.44. The summed E-state index contributed by atoms with van der Waals surface area (Å²) in [5, 5.41) is 0. The van der Waals surface area contributed by atoms with Crippen LogP contribution in [0, 0.1) is 5.82 Å². The largest absolute Gasteiger partial charge is 0.496 e. The van der Waals surface area contributed by atoms with Gasteiger partial charge in [0.05, 0.1) is 7.11 Å². The summed E-state index contributed by atoms with van der Waals surface area (Å²) < 4.78 is 19.0. The maximum Gasteiger partial charge on any atom is 0.219 e. The van der Waals surface area contributed by atoms with Crippen LogP contribution in [0.5, 0.6) is 5.75 Å². The van der Waals surface area contributed by atoms with E-state index < -0.39 is 0 Å². The molecule has 0 bridgehead atoms. The van der Waals surface area contributed by atoms with E-state index in [1.54, 1.807) is 26.2 Å². The molecule has 5 heteroatoms. The molecule has 1 aromatic carbocycles. The Kier molecular flexibility index (Phi) is 4.85. The molecule has 0 radical (unpaired) electrons. The predicted molar refractivity (Wildman–Crippen MR) is 86.8 cm³/mol. The lowest BCUT2D eigenvalue weighted by Crippen LogP contribution is -2.47. The molecular formula is C18H25FN2O2. The molecule has 0 spiro atoms. The van der Waals surface area contributed by atoms with Crippen LogP contribution >= 0.6 is 0 Å². The fourth-order valence-electron chi connectivity index (χ4n) is 4.16. The van der Waals surface area contributed by atoms with Crippen LogP contribution < -0.4 is 4.74 Å². The van der Waals surface area contributed by atoms with Crippen molar-refractivity contribution in [1.82, 2.24) is 9.80 Å². The van der Waals surface area contributed by atoms with Crippen LogP contribution in [0.15, 0.2) is 18.2 Å². The summed E-state index contributed by atoms with van der Waals surface area (Å²) in [5.41, 5.74) is 0.881. The van der Waals surface area contributed by atoms with Gasteiger partial charge in [-0.3, -0.25) is 9.69 Å². The van der Waals surface area contributed by atoms with Crippen LogP contribution in [0.3, 0.4) is 0 Å². The molecule has 2 saturated heterocycles. The molecule has 126 valence electrons. The second kappa shape index (κ2) is 6.87. The first-order valence-electron chi connectivity index (χ1n) is 8.44. The summed E-state index contributed by atoms with van der Waals surface area (Å²) in [4.78, 5) is 16.3. The average Bonchev–Trinajstić information content (AvgIpc) is 3.15. The monoisotopic (exact) mass is 320 g/mol.